The van der Waals surface area contributed by atoms with Gasteiger partial charge in [-0.15, -0.1) is 0 Å². The summed E-state index contributed by atoms with van der Waals surface area (Å²) in [6, 6.07) is 7.31. The van der Waals surface area contributed by atoms with Gasteiger partial charge in [-0.2, -0.15) is 0 Å². The molecule has 126 valence electrons. The van der Waals surface area contributed by atoms with E-state index in [-0.39, 0.29) is 18.4 Å². The molecule has 1 aromatic carbocycles. The Bertz CT molecular complexity index is 575. The number of hydrogen-bond donors (Lipinski definition) is 1. The summed E-state index contributed by atoms with van der Waals surface area (Å²) in [4.78, 5) is 27.0. The Balaban J connectivity index is 2.32. The number of rotatable bonds is 6. The van der Waals surface area contributed by atoms with E-state index >= 15 is 0 Å². The molecule has 1 N–H and O–H groups in total. The maximum absolute atomic E-state index is 13.0. The number of carbonyl (C=O) groups is 2. The Morgan fingerprint density at radius 2 is 2.09 bits per heavy atom. The second-order valence-corrected chi connectivity index (χ2v) is 5.74. The van der Waals surface area contributed by atoms with Crippen LogP contribution in [0.25, 0.3) is 0 Å². The molecule has 23 heavy (non-hydrogen) atoms. The molecular weight excluding hydrogens is 296 g/mol. The zero-order valence-electron chi connectivity index (χ0n) is 13.9. The lowest BCUT2D eigenvalue weighted by atomic mass is 9.95. The van der Waals surface area contributed by atoms with Crippen LogP contribution in [-0.2, 0) is 20.9 Å². The van der Waals surface area contributed by atoms with Crippen LogP contribution in [0, 0.1) is 0 Å². The fourth-order valence-electron chi connectivity index (χ4n) is 3.21. The number of likely N-dealkylation sites (tertiary alicyclic amines) is 1. The Morgan fingerprint density at radius 1 is 1.30 bits per heavy atom. The van der Waals surface area contributed by atoms with Crippen molar-refractivity contribution in [3.8, 4) is 0 Å². The molecule has 0 bridgehead atoms. The molecule has 1 fully saturated rings. The van der Waals surface area contributed by atoms with Crippen LogP contribution in [-0.4, -0.2) is 56.7 Å². The Labute approximate surface area is 136 Å². The Kier molecular flexibility index (Phi) is 5.74. The second-order valence-electron chi connectivity index (χ2n) is 5.74. The highest BCUT2D eigenvalue weighted by atomic mass is 16.5. The van der Waals surface area contributed by atoms with Crippen molar-refractivity contribution in [1.82, 2.24) is 10.2 Å². The van der Waals surface area contributed by atoms with Gasteiger partial charge >= 0.3 is 0 Å². The Hall–Kier alpha value is -1.92. The first kappa shape index (κ1) is 17.4. The highest BCUT2D eigenvalue weighted by Gasteiger charge is 2.49. The monoisotopic (exact) mass is 320 g/mol. The van der Waals surface area contributed by atoms with Gasteiger partial charge in [0.1, 0.15) is 5.54 Å². The molecule has 0 aromatic heterocycles. The maximum Gasteiger partial charge on any atom is 0.254 e. The molecule has 0 radical (unpaired) electrons. The zero-order valence-corrected chi connectivity index (χ0v) is 13.9. The van der Waals surface area contributed by atoms with Gasteiger partial charge in [-0.05, 0) is 30.5 Å². The minimum Gasteiger partial charge on any atom is -0.382 e. The van der Waals surface area contributed by atoms with Crippen LogP contribution >= 0.6 is 0 Å². The lowest BCUT2D eigenvalue weighted by molar-refractivity contribution is -0.133. The van der Waals surface area contributed by atoms with Gasteiger partial charge in [0.05, 0.1) is 13.2 Å². The number of amides is 2. The first-order valence-corrected chi connectivity index (χ1v) is 7.70. The van der Waals surface area contributed by atoms with Crippen LogP contribution in [0.2, 0.25) is 0 Å². The molecule has 2 rings (SSSR count). The van der Waals surface area contributed by atoms with Crippen LogP contribution in [0.15, 0.2) is 24.3 Å². The van der Waals surface area contributed by atoms with Crippen LogP contribution < -0.4 is 5.32 Å². The summed E-state index contributed by atoms with van der Waals surface area (Å²) < 4.78 is 10.4. The molecule has 1 saturated heterocycles. The third kappa shape index (κ3) is 3.38. The fourth-order valence-corrected chi connectivity index (χ4v) is 3.21. The molecule has 0 spiro atoms. The summed E-state index contributed by atoms with van der Waals surface area (Å²) in [5.41, 5.74) is 0.554. The standard InChI is InChI=1S/C17H24N2O4/c1-18-16(21)17(12-23-3)8-5-9-19(17)15(20)14-7-4-6-13(10-14)11-22-2/h4,6-7,10H,5,8-9,11-12H2,1-3H3,(H,18,21). The molecule has 0 aliphatic carbocycles. The van der Waals surface area contributed by atoms with Gasteiger partial charge in [-0.3, -0.25) is 9.59 Å². The first-order valence-electron chi connectivity index (χ1n) is 7.70. The van der Waals surface area contributed by atoms with E-state index in [1.807, 2.05) is 18.2 Å². The lowest BCUT2D eigenvalue weighted by Crippen LogP contribution is -2.59. The van der Waals surface area contributed by atoms with Crippen molar-refractivity contribution in [2.24, 2.45) is 0 Å². The fraction of sp³-hybridized carbons (Fsp3) is 0.529. The number of methoxy groups -OCH3 is 2. The van der Waals surface area contributed by atoms with E-state index in [4.69, 9.17) is 9.47 Å². The molecule has 6 heteroatoms. The average Bonchev–Trinajstić information content (AvgIpc) is 2.99. The predicted octanol–water partition coefficient (Wildman–Crippen LogP) is 1.20. The molecule has 1 aliphatic heterocycles. The van der Waals surface area contributed by atoms with Crippen LogP contribution in [0.5, 0.6) is 0 Å². The van der Waals surface area contributed by atoms with Crippen molar-refractivity contribution < 1.29 is 19.1 Å². The molecule has 1 unspecified atom stereocenters. The summed E-state index contributed by atoms with van der Waals surface area (Å²) in [5.74, 6) is -0.334. The minimum absolute atomic E-state index is 0.152. The van der Waals surface area contributed by atoms with E-state index in [0.717, 1.165) is 12.0 Å². The second kappa shape index (κ2) is 7.57. The summed E-state index contributed by atoms with van der Waals surface area (Å²) in [5, 5.41) is 2.67. The van der Waals surface area contributed by atoms with Gasteiger partial charge in [-0.25, -0.2) is 0 Å². The molecule has 6 nitrogen and oxygen atoms in total. The van der Waals surface area contributed by atoms with Crippen molar-refractivity contribution in [2.45, 2.75) is 25.0 Å². The smallest absolute Gasteiger partial charge is 0.254 e. The largest absolute Gasteiger partial charge is 0.382 e. The van der Waals surface area contributed by atoms with E-state index in [1.54, 1.807) is 32.2 Å². The third-order valence-electron chi connectivity index (χ3n) is 4.25. The van der Waals surface area contributed by atoms with E-state index in [2.05, 4.69) is 5.32 Å². The summed E-state index contributed by atoms with van der Waals surface area (Å²) in [6.45, 7) is 1.18. The number of nitrogens with one attached hydrogen (secondary N) is 1. The van der Waals surface area contributed by atoms with Gasteiger partial charge < -0.3 is 19.7 Å². The van der Waals surface area contributed by atoms with Crippen LogP contribution in [0.4, 0.5) is 0 Å². The van der Waals surface area contributed by atoms with E-state index in [9.17, 15) is 9.59 Å². The number of nitrogens with zero attached hydrogens (tertiary/aromatic N) is 1. The highest BCUT2D eigenvalue weighted by molar-refractivity contribution is 6.00. The predicted molar refractivity (Wildman–Crippen MR) is 86.1 cm³/mol. The summed E-state index contributed by atoms with van der Waals surface area (Å²) >= 11 is 0. The van der Waals surface area contributed by atoms with Crippen molar-refractivity contribution in [3.05, 3.63) is 35.4 Å². The number of ether oxygens (including phenoxy) is 2. The summed E-state index contributed by atoms with van der Waals surface area (Å²) in [7, 11) is 4.75. The molecule has 2 amide bonds. The topological polar surface area (TPSA) is 67.9 Å². The molecule has 1 heterocycles. The third-order valence-corrected chi connectivity index (χ3v) is 4.25. The number of benzene rings is 1. The quantitative estimate of drug-likeness (QED) is 0.855. The van der Waals surface area contributed by atoms with Gasteiger partial charge in [0, 0.05) is 33.4 Å². The SMILES string of the molecule is CNC(=O)C1(COC)CCCN1C(=O)c1cccc(COC)c1. The summed E-state index contributed by atoms with van der Waals surface area (Å²) in [6.07, 6.45) is 1.38. The van der Waals surface area contributed by atoms with Crippen molar-refractivity contribution in [1.29, 1.82) is 0 Å². The van der Waals surface area contributed by atoms with Crippen LogP contribution in [0.1, 0.15) is 28.8 Å². The van der Waals surface area contributed by atoms with Gasteiger partial charge in [0.25, 0.3) is 5.91 Å². The molecule has 0 saturated carbocycles. The molecule has 1 aliphatic rings. The normalized spacial score (nSPS) is 20.6. The maximum atomic E-state index is 13.0. The van der Waals surface area contributed by atoms with E-state index in [1.165, 1.54) is 0 Å². The van der Waals surface area contributed by atoms with Gasteiger partial charge in [0.15, 0.2) is 0 Å². The lowest BCUT2D eigenvalue weighted by Gasteiger charge is -2.36. The first-order chi connectivity index (χ1) is 11.1. The molecular formula is C17H24N2O4. The molecule has 1 atom stereocenters. The Morgan fingerprint density at radius 3 is 2.74 bits per heavy atom. The number of carbonyl (C=O) groups excluding carboxylic acids is 2. The van der Waals surface area contributed by atoms with Crippen LogP contribution in [0.3, 0.4) is 0 Å². The van der Waals surface area contributed by atoms with E-state index < -0.39 is 5.54 Å². The number of likely N-dealkylation sites (N-methyl/N-ethyl adjacent to an activating group) is 1. The van der Waals surface area contributed by atoms with Gasteiger partial charge in [-0.1, -0.05) is 12.1 Å². The number of hydrogen-bond acceptors (Lipinski definition) is 4. The van der Waals surface area contributed by atoms with E-state index in [0.29, 0.717) is 25.1 Å². The highest BCUT2D eigenvalue weighted by Crippen LogP contribution is 2.31. The van der Waals surface area contributed by atoms with Crippen molar-refractivity contribution in [2.75, 3.05) is 34.4 Å². The zero-order chi connectivity index (χ0) is 16.9. The van der Waals surface area contributed by atoms with Crippen molar-refractivity contribution >= 4 is 11.8 Å². The van der Waals surface area contributed by atoms with Gasteiger partial charge in [0.2, 0.25) is 5.91 Å². The van der Waals surface area contributed by atoms with Crippen molar-refractivity contribution in [3.63, 3.8) is 0 Å². The molecule has 1 aromatic rings. The average molecular weight is 320 g/mol. The minimum atomic E-state index is -0.933.